The highest BCUT2D eigenvalue weighted by Gasteiger charge is 2.11. The molecule has 1 aromatic heterocycles. The van der Waals surface area contributed by atoms with Gasteiger partial charge in [0.05, 0.1) is 23.2 Å². The number of hydrogen-bond donors (Lipinski definition) is 1. The zero-order valence-corrected chi connectivity index (χ0v) is 9.93. The zero-order chi connectivity index (χ0) is 12.4. The summed E-state index contributed by atoms with van der Waals surface area (Å²) in [6, 6.07) is 5.28. The monoisotopic (exact) mass is 233 g/mol. The molecule has 1 aromatic carbocycles. The Kier molecular flexibility index (Phi) is 2.99. The molecule has 0 unspecified atom stereocenters. The summed E-state index contributed by atoms with van der Waals surface area (Å²) in [6.45, 7) is 4.89. The molecule has 5 nitrogen and oxygen atoms in total. The largest absolute Gasteiger partial charge is 0.462 e. The van der Waals surface area contributed by atoms with Gasteiger partial charge in [0, 0.05) is 6.54 Å². The molecule has 2 aromatic rings. The Hall–Kier alpha value is -2.04. The number of carbonyl (C=O) groups is 1. The van der Waals surface area contributed by atoms with E-state index in [0.29, 0.717) is 18.1 Å². The summed E-state index contributed by atoms with van der Waals surface area (Å²) in [5.41, 5.74) is 7.93. The van der Waals surface area contributed by atoms with E-state index < -0.39 is 0 Å². The standard InChI is InChI=1S/C12H15N3O2/c1-3-15-10-6-5-8(11(16)17-4-2)7-9(10)14-12(15)13/h5-7H,3-4H2,1-2H3,(H2,13,14). The van der Waals surface area contributed by atoms with E-state index in [2.05, 4.69) is 4.98 Å². The number of aromatic nitrogens is 2. The maximum Gasteiger partial charge on any atom is 0.338 e. The molecule has 0 aliphatic heterocycles. The van der Waals surface area contributed by atoms with E-state index in [0.717, 1.165) is 17.6 Å². The SMILES string of the molecule is CCOC(=O)c1ccc2c(c1)nc(N)n2CC. The Balaban J connectivity index is 2.48. The molecule has 0 atom stereocenters. The molecule has 5 heteroatoms. The number of fused-ring (bicyclic) bond motifs is 1. The van der Waals surface area contributed by atoms with Crippen LogP contribution < -0.4 is 5.73 Å². The first-order chi connectivity index (χ1) is 8.17. The predicted octanol–water partition coefficient (Wildman–Crippen LogP) is 1.82. The molecule has 0 aliphatic carbocycles. The smallest absolute Gasteiger partial charge is 0.338 e. The Morgan fingerprint density at radius 3 is 2.88 bits per heavy atom. The van der Waals surface area contributed by atoms with Crippen molar-refractivity contribution in [3.05, 3.63) is 23.8 Å². The van der Waals surface area contributed by atoms with Gasteiger partial charge in [-0.3, -0.25) is 0 Å². The van der Waals surface area contributed by atoms with Gasteiger partial charge in [0.2, 0.25) is 5.95 Å². The van der Waals surface area contributed by atoms with Gasteiger partial charge in [-0.2, -0.15) is 0 Å². The number of aryl methyl sites for hydroxylation is 1. The van der Waals surface area contributed by atoms with Crippen LogP contribution in [0.25, 0.3) is 11.0 Å². The highest BCUT2D eigenvalue weighted by molar-refractivity contribution is 5.94. The normalized spacial score (nSPS) is 10.7. The number of ether oxygens (including phenoxy) is 1. The third-order valence-corrected chi connectivity index (χ3v) is 2.61. The number of benzene rings is 1. The molecule has 1 heterocycles. The van der Waals surface area contributed by atoms with Crippen molar-refractivity contribution in [3.8, 4) is 0 Å². The van der Waals surface area contributed by atoms with Gasteiger partial charge in [-0.25, -0.2) is 9.78 Å². The third-order valence-electron chi connectivity index (χ3n) is 2.61. The van der Waals surface area contributed by atoms with Gasteiger partial charge in [0.25, 0.3) is 0 Å². The van der Waals surface area contributed by atoms with Crippen LogP contribution >= 0.6 is 0 Å². The number of nitrogens with zero attached hydrogens (tertiary/aromatic N) is 2. The van der Waals surface area contributed by atoms with E-state index >= 15 is 0 Å². The number of imidazole rings is 1. The second-order valence-corrected chi connectivity index (χ2v) is 3.64. The predicted molar refractivity (Wildman–Crippen MR) is 65.8 cm³/mol. The molecular weight excluding hydrogens is 218 g/mol. The highest BCUT2D eigenvalue weighted by atomic mass is 16.5. The fraction of sp³-hybridized carbons (Fsp3) is 0.333. The lowest BCUT2D eigenvalue weighted by Crippen LogP contribution is -2.04. The lowest BCUT2D eigenvalue weighted by atomic mass is 10.2. The van der Waals surface area contributed by atoms with Crippen molar-refractivity contribution in [3.63, 3.8) is 0 Å². The van der Waals surface area contributed by atoms with E-state index in [4.69, 9.17) is 10.5 Å². The van der Waals surface area contributed by atoms with E-state index in [1.165, 1.54) is 0 Å². The first-order valence-electron chi connectivity index (χ1n) is 5.60. The van der Waals surface area contributed by atoms with Gasteiger partial charge >= 0.3 is 5.97 Å². The summed E-state index contributed by atoms with van der Waals surface area (Å²) in [7, 11) is 0. The summed E-state index contributed by atoms with van der Waals surface area (Å²) in [6.07, 6.45) is 0. The quantitative estimate of drug-likeness (QED) is 0.821. The van der Waals surface area contributed by atoms with Gasteiger partial charge in [-0.15, -0.1) is 0 Å². The number of nitrogens with two attached hydrogens (primary N) is 1. The minimum absolute atomic E-state index is 0.334. The molecule has 0 spiro atoms. The summed E-state index contributed by atoms with van der Waals surface area (Å²) < 4.78 is 6.83. The number of esters is 1. The number of carbonyl (C=O) groups excluding carboxylic acids is 1. The van der Waals surface area contributed by atoms with Gasteiger partial charge in [-0.1, -0.05) is 0 Å². The van der Waals surface area contributed by atoms with E-state index in [1.54, 1.807) is 19.1 Å². The van der Waals surface area contributed by atoms with Crippen molar-refractivity contribution >= 4 is 23.0 Å². The van der Waals surface area contributed by atoms with Crippen LogP contribution in [0.3, 0.4) is 0 Å². The Bertz CT molecular complexity index is 560. The van der Waals surface area contributed by atoms with Gasteiger partial charge < -0.3 is 15.0 Å². The lowest BCUT2D eigenvalue weighted by Gasteiger charge is -2.03. The second kappa shape index (κ2) is 4.45. The fourth-order valence-corrected chi connectivity index (χ4v) is 1.82. The number of anilines is 1. The number of rotatable bonds is 3. The highest BCUT2D eigenvalue weighted by Crippen LogP contribution is 2.19. The van der Waals surface area contributed by atoms with Crippen molar-refractivity contribution in [2.45, 2.75) is 20.4 Å². The van der Waals surface area contributed by atoms with Crippen LogP contribution in [-0.2, 0) is 11.3 Å². The van der Waals surface area contributed by atoms with Crippen molar-refractivity contribution < 1.29 is 9.53 Å². The summed E-state index contributed by atoms with van der Waals surface area (Å²) in [5, 5.41) is 0. The van der Waals surface area contributed by atoms with Crippen LogP contribution in [0.2, 0.25) is 0 Å². The van der Waals surface area contributed by atoms with Crippen LogP contribution in [-0.4, -0.2) is 22.1 Å². The number of hydrogen-bond acceptors (Lipinski definition) is 4. The van der Waals surface area contributed by atoms with Gasteiger partial charge in [0.15, 0.2) is 0 Å². The molecule has 17 heavy (non-hydrogen) atoms. The van der Waals surface area contributed by atoms with E-state index in [-0.39, 0.29) is 5.97 Å². The second-order valence-electron chi connectivity index (χ2n) is 3.64. The molecule has 0 fully saturated rings. The van der Waals surface area contributed by atoms with Gasteiger partial charge in [0.1, 0.15) is 0 Å². The van der Waals surface area contributed by atoms with Crippen molar-refractivity contribution in [2.24, 2.45) is 0 Å². The van der Waals surface area contributed by atoms with Crippen LogP contribution in [0.15, 0.2) is 18.2 Å². The minimum Gasteiger partial charge on any atom is -0.462 e. The number of nitrogen functional groups attached to an aromatic ring is 1. The zero-order valence-electron chi connectivity index (χ0n) is 9.93. The molecule has 0 saturated heterocycles. The van der Waals surface area contributed by atoms with Crippen molar-refractivity contribution in [1.29, 1.82) is 0 Å². The summed E-state index contributed by atoms with van der Waals surface area (Å²) in [4.78, 5) is 15.8. The van der Waals surface area contributed by atoms with Crippen LogP contribution in [0.4, 0.5) is 5.95 Å². The Morgan fingerprint density at radius 2 is 2.24 bits per heavy atom. The maximum atomic E-state index is 11.6. The summed E-state index contributed by atoms with van der Waals surface area (Å²) in [5.74, 6) is 0.127. The summed E-state index contributed by atoms with van der Waals surface area (Å²) >= 11 is 0. The first-order valence-corrected chi connectivity index (χ1v) is 5.60. The average Bonchev–Trinajstić information content (AvgIpc) is 2.63. The average molecular weight is 233 g/mol. The minimum atomic E-state index is -0.334. The Labute approximate surface area is 99.2 Å². The van der Waals surface area contributed by atoms with Gasteiger partial charge in [-0.05, 0) is 32.0 Å². The van der Waals surface area contributed by atoms with E-state index in [9.17, 15) is 4.79 Å². The fourth-order valence-electron chi connectivity index (χ4n) is 1.82. The maximum absolute atomic E-state index is 11.6. The Morgan fingerprint density at radius 1 is 1.47 bits per heavy atom. The molecule has 0 bridgehead atoms. The molecule has 2 N–H and O–H groups in total. The van der Waals surface area contributed by atoms with Crippen LogP contribution in [0, 0.1) is 0 Å². The topological polar surface area (TPSA) is 70.1 Å². The molecule has 0 radical (unpaired) electrons. The third kappa shape index (κ3) is 1.95. The first kappa shape index (κ1) is 11.4. The van der Waals surface area contributed by atoms with E-state index in [1.807, 2.05) is 17.6 Å². The van der Waals surface area contributed by atoms with Crippen molar-refractivity contribution in [2.75, 3.05) is 12.3 Å². The van der Waals surface area contributed by atoms with Crippen LogP contribution in [0.1, 0.15) is 24.2 Å². The molecule has 90 valence electrons. The molecule has 0 saturated carbocycles. The lowest BCUT2D eigenvalue weighted by molar-refractivity contribution is 0.0526. The molecular formula is C12H15N3O2. The van der Waals surface area contributed by atoms with Crippen molar-refractivity contribution in [1.82, 2.24) is 9.55 Å². The molecule has 2 rings (SSSR count). The molecule has 0 aliphatic rings. The molecule has 0 amide bonds. The van der Waals surface area contributed by atoms with Crippen LogP contribution in [0.5, 0.6) is 0 Å².